The Morgan fingerprint density at radius 3 is 2.33 bits per heavy atom. The van der Waals surface area contributed by atoms with E-state index < -0.39 is 5.97 Å². The van der Waals surface area contributed by atoms with E-state index in [1.54, 1.807) is 0 Å². The van der Waals surface area contributed by atoms with Gasteiger partial charge in [0.05, 0.1) is 0 Å². The molecule has 3 nitrogen and oxygen atoms in total. The second kappa shape index (κ2) is 3.44. The van der Waals surface area contributed by atoms with Crippen molar-refractivity contribution in [2.45, 2.75) is 39.3 Å². The highest BCUT2D eigenvalue weighted by atomic mass is 16.4. The standard InChI is InChI=1S/C9H17NO2/c1-5(2)8(9(11)12)10-7-4-6(7)3/h5-8,10H,4H2,1-3H3,(H,11,12). The Hall–Kier alpha value is -0.570. The van der Waals surface area contributed by atoms with Gasteiger partial charge in [-0.2, -0.15) is 0 Å². The smallest absolute Gasteiger partial charge is 0.320 e. The Morgan fingerprint density at radius 2 is 2.08 bits per heavy atom. The van der Waals surface area contributed by atoms with Crippen LogP contribution < -0.4 is 5.32 Å². The fourth-order valence-electron chi connectivity index (χ4n) is 1.33. The van der Waals surface area contributed by atoms with Crippen molar-refractivity contribution in [3.63, 3.8) is 0 Å². The third kappa shape index (κ3) is 2.21. The molecule has 0 spiro atoms. The summed E-state index contributed by atoms with van der Waals surface area (Å²) >= 11 is 0. The molecule has 1 rings (SSSR count). The number of hydrogen-bond donors (Lipinski definition) is 2. The number of nitrogens with one attached hydrogen (secondary N) is 1. The number of aliphatic carboxylic acids is 1. The Morgan fingerprint density at radius 1 is 1.58 bits per heavy atom. The van der Waals surface area contributed by atoms with E-state index in [2.05, 4.69) is 12.2 Å². The summed E-state index contributed by atoms with van der Waals surface area (Å²) in [6, 6.07) is 0.0634. The molecule has 0 saturated heterocycles. The molecule has 0 radical (unpaired) electrons. The summed E-state index contributed by atoms with van der Waals surface area (Å²) in [6.45, 7) is 5.99. The van der Waals surface area contributed by atoms with E-state index in [-0.39, 0.29) is 12.0 Å². The average Bonchev–Trinajstić information content (AvgIpc) is 2.60. The van der Waals surface area contributed by atoms with Crippen molar-refractivity contribution in [1.29, 1.82) is 0 Å². The van der Waals surface area contributed by atoms with Gasteiger partial charge in [0.25, 0.3) is 0 Å². The Kier molecular flexibility index (Phi) is 2.73. The normalized spacial score (nSPS) is 30.3. The zero-order valence-corrected chi connectivity index (χ0v) is 7.87. The molecule has 3 unspecified atom stereocenters. The molecule has 0 aromatic rings. The molecule has 1 fully saturated rings. The summed E-state index contributed by atoms with van der Waals surface area (Å²) in [5.74, 6) is 0.0880. The maximum absolute atomic E-state index is 10.7. The van der Waals surface area contributed by atoms with E-state index in [9.17, 15) is 4.79 Å². The van der Waals surface area contributed by atoms with Gasteiger partial charge in [-0.15, -0.1) is 0 Å². The molecule has 12 heavy (non-hydrogen) atoms. The van der Waals surface area contributed by atoms with Gasteiger partial charge in [-0.25, -0.2) is 0 Å². The second-order valence-corrected chi connectivity index (χ2v) is 4.05. The first-order valence-electron chi connectivity index (χ1n) is 4.51. The third-order valence-corrected chi connectivity index (χ3v) is 2.44. The molecule has 1 aliphatic rings. The van der Waals surface area contributed by atoms with Crippen molar-refractivity contribution < 1.29 is 9.90 Å². The first-order valence-corrected chi connectivity index (χ1v) is 4.51. The van der Waals surface area contributed by atoms with Crippen LogP contribution in [0.1, 0.15) is 27.2 Å². The van der Waals surface area contributed by atoms with Gasteiger partial charge in [0.2, 0.25) is 0 Å². The number of carbonyl (C=O) groups is 1. The van der Waals surface area contributed by atoms with E-state index in [0.29, 0.717) is 12.0 Å². The van der Waals surface area contributed by atoms with Gasteiger partial charge in [-0.05, 0) is 18.3 Å². The monoisotopic (exact) mass is 171 g/mol. The SMILES string of the molecule is CC(C)C(NC1CC1C)C(=O)O. The van der Waals surface area contributed by atoms with Crippen LogP contribution in [0.5, 0.6) is 0 Å². The molecule has 1 aliphatic carbocycles. The van der Waals surface area contributed by atoms with Crippen LogP contribution in [0, 0.1) is 11.8 Å². The zero-order valence-electron chi connectivity index (χ0n) is 7.87. The molecule has 0 amide bonds. The lowest BCUT2D eigenvalue weighted by molar-refractivity contribution is -0.140. The van der Waals surface area contributed by atoms with Crippen molar-refractivity contribution >= 4 is 5.97 Å². The van der Waals surface area contributed by atoms with Gasteiger partial charge >= 0.3 is 5.97 Å². The topological polar surface area (TPSA) is 49.3 Å². The minimum atomic E-state index is -0.732. The summed E-state index contributed by atoms with van der Waals surface area (Å²) in [6.07, 6.45) is 1.12. The van der Waals surface area contributed by atoms with Crippen LogP contribution in [0.3, 0.4) is 0 Å². The fourth-order valence-corrected chi connectivity index (χ4v) is 1.33. The highest BCUT2D eigenvalue weighted by Gasteiger charge is 2.36. The lowest BCUT2D eigenvalue weighted by atomic mass is 10.0. The van der Waals surface area contributed by atoms with Crippen LogP contribution in [-0.2, 0) is 4.79 Å². The summed E-state index contributed by atoms with van der Waals surface area (Å²) < 4.78 is 0. The molecule has 3 atom stereocenters. The highest BCUT2D eigenvalue weighted by Crippen LogP contribution is 2.30. The van der Waals surface area contributed by atoms with Crippen molar-refractivity contribution in [2.24, 2.45) is 11.8 Å². The Bertz CT molecular complexity index is 179. The van der Waals surface area contributed by atoms with Crippen molar-refractivity contribution in [2.75, 3.05) is 0 Å². The Balaban J connectivity index is 2.38. The minimum Gasteiger partial charge on any atom is -0.480 e. The molecule has 0 aliphatic heterocycles. The fraction of sp³-hybridized carbons (Fsp3) is 0.889. The van der Waals surface area contributed by atoms with E-state index in [1.165, 1.54) is 0 Å². The van der Waals surface area contributed by atoms with Gasteiger partial charge < -0.3 is 10.4 Å². The largest absolute Gasteiger partial charge is 0.480 e. The summed E-state index contributed by atoms with van der Waals surface area (Å²) in [7, 11) is 0. The van der Waals surface area contributed by atoms with Gasteiger partial charge in [0, 0.05) is 6.04 Å². The number of carboxylic acids is 1. The zero-order chi connectivity index (χ0) is 9.30. The van der Waals surface area contributed by atoms with Gasteiger partial charge in [-0.3, -0.25) is 4.79 Å². The van der Waals surface area contributed by atoms with Gasteiger partial charge in [0.1, 0.15) is 6.04 Å². The predicted molar refractivity (Wildman–Crippen MR) is 47.0 cm³/mol. The number of rotatable bonds is 4. The van der Waals surface area contributed by atoms with E-state index in [1.807, 2.05) is 13.8 Å². The predicted octanol–water partition coefficient (Wildman–Crippen LogP) is 1.09. The average molecular weight is 171 g/mol. The highest BCUT2D eigenvalue weighted by molar-refractivity contribution is 5.73. The first kappa shape index (κ1) is 9.52. The number of hydrogen-bond acceptors (Lipinski definition) is 2. The molecule has 3 heteroatoms. The van der Waals surface area contributed by atoms with Crippen LogP contribution in [0.4, 0.5) is 0 Å². The first-order chi connectivity index (χ1) is 5.52. The molecule has 0 aromatic carbocycles. The van der Waals surface area contributed by atoms with Crippen LogP contribution >= 0.6 is 0 Å². The number of carboxylic acid groups (broad SMARTS) is 1. The van der Waals surface area contributed by atoms with Crippen LogP contribution in [0.2, 0.25) is 0 Å². The molecule has 70 valence electrons. The van der Waals surface area contributed by atoms with E-state index >= 15 is 0 Å². The molecule has 2 N–H and O–H groups in total. The molecule has 0 aromatic heterocycles. The van der Waals surface area contributed by atoms with Crippen LogP contribution in [0.25, 0.3) is 0 Å². The van der Waals surface area contributed by atoms with Crippen molar-refractivity contribution in [1.82, 2.24) is 5.32 Å². The molecule has 1 saturated carbocycles. The summed E-state index contributed by atoms with van der Waals surface area (Å²) in [4.78, 5) is 10.7. The van der Waals surface area contributed by atoms with Gasteiger partial charge in [-0.1, -0.05) is 20.8 Å². The lowest BCUT2D eigenvalue weighted by Gasteiger charge is -2.17. The lowest BCUT2D eigenvalue weighted by Crippen LogP contribution is -2.42. The minimum absolute atomic E-state index is 0.162. The molecular weight excluding hydrogens is 154 g/mol. The van der Waals surface area contributed by atoms with E-state index in [0.717, 1.165) is 6.42 Å². The third-order valence-electron chi connectivity index (χ3n) is 2.44. The quantitative estimate of drug-likeness (QED) is 0.665. The molecular formula is C9H17NO2. The molecule has 0 bridgehead atoms. The summed E-state index contributed by atoms with van der Waals surface area (Å²) in [5, 5.41) is 12.0. The van der Waals surface area contributed by atoms with Crippen molar-refractivity contribution in [3.05, 3.63) is 0 Å². The second-order valence-electron chi connectivity index (χ2n) is 4.05. The van der Waals surface area contributed by atoms with Gasteiger partial charge in [0.15, 0.2) is 0 Å². The van der Waals surface area contributed by atoms with Crippen LogP contribution in [0.15, 0.2) is 0 Å². The van der Waals surface area contributed by atoms with E-state index in [4.69, 9.17) is 5.11 Å². The molecule has 0 heterocycles. The maximum Gasteiger partial charge on any atom is 0.320 e. The van der Waals surface area contributed by atoms with Crippen LogP contribution in [-0.4, -0.2) is 23.2 Å². The van der Waals surface area contributed by atoms with Crippen molar-refractivity contribution in [3.8, 4) is 0 Å². The Labute approximate surface area is 73.2 Å². The maximum atomic E-state index is 10.7. The summed E-state index contributed by atoms with van der Waals surface area (Å²) in [5.41, 5.74) is 0.